The number of hydrogen-bond acceptors (Lipinski definition) is 4. The summed E-state index contributed by atoms with van der Waals surface area (Å²) in [5.74, 6) is 0.738. The highest BCUT2D eigenvalue weighted by molar-refractivity contribution is 5.91. The summed E-state index contributed by atoms with van der Waals surface area (Å²) < 4.78 is 11.3. The molecule has 7 unspecified atom stereocenters. The second kappa shape index (κ2) is 10.5. The van der Waals surface area contributed by atoms with Crippen molar-refractivity contribution in [2.24, 2.45) is 23.0 Å². The lowest BCUT2D eigenvalue weighted by atomic mass is 9.49. The molecule has 5 nitrogen and oxygen atoms in total. The normalized spacial score (nSPS) is 38.4. The van der Waals surface area contributed by atoms with Crippen molar-refractivity contribution in [2.45, 2.75) is 128 Å². The Hall–Kier alpha value is -2.40. The first-order valence-electron chi connectivity index (χ1n) is 15.5. The first-order valence-corrected chi connectivity index (χ1v) is 15.5. The number of nitrogens with two attached hydrogens (primary N) is 1. The van der Waals surface area contributed by atoms with E-state index in [9.17, 15) is 9.59 Å². The van der Waals surface area contributed by atoms with E-state index in [0.717, 1.165) is 51.4 Å². The minimum atomic E-state index is -0.346. The number of primary amides is 1. The van der Waals surface area contributed by atoms with Crippen LogP contribution in [0.5, 0.6) is 0 Å². The van der Waals surface area contributed by atoms with E-state index in [-0.39, 0.29) is 46.4 Å². The zero-order valence-electron chi connectivity index (χ0n) is 25.5. The Balaban J connectivity index is 0.000000164. The van der Waals surface area contributed by atoms with Crippen LogP contribution in [0, 0.1) is 17.3 Å². The maximum atomic E-state index is 12.2. The van der Waals surface area contributed by atoms with Gasteiger partial charge in [-0.3, -0.25) is 4.79 Å². The third-order valence-corrected chi connectivity index (χ3v) is 11.2. The fourth-order valence-corrected chi connectivity index (χ4v) is 8.37. The number of hydrogen-bond donors (Lipinski definition) is 1. The van der Waals surface area contributed by atoms with Crippen molar-refractivity contribution in [2.75, 3.05) is 0 Å². The lowest BCUT2D eigenvalue weighted by Crippen LogP contribution is -2.54. The molecule has 3 fully saturated rings. The number of ether oxygens (including phenoxy) is 2. The van der Waals surface area contributed by atoms with Crippen molar-refractivity contribution in [3.8, 4) is 0 Å². The maximum Gasteiger partial charge on any atom is 0.334 e. The Bertz CT molecular complexity index is 1230. The van der Waals surface area contributed by atoms with Gasteiger partial charge in [0.2, 0.25) is 5.91 Å². The molecular formula is C35H49NO4. The van der Waals surface area contributed by atoms with Crippen molar-refractivity contribution in [1.82, 2.24) is 0 Å². The minimum absolute atomic E-state index is 0.0671. The number of fused-ring (bicyclic) bond motifs is 6. The summed E-state index contributed by atoms with van der Waals surface area (Å²) in [4.78, 5) is 23.8. The number of amides is 1. The maximum absolute atomic E-state index is 12.2. The van der Waals surface area contributed by atoms with Gasteiger partial charge in [-0.1, -0.05) is 70.5 Å². The Morgan fingerprint density at radius 1 is 1.10 bits per heavy atom. The van der Waals surface area contributed by atoms with E-state index < -0.39 is 0 Å². The molecule has 2 saturated heterocycles. The largest absolute Gasteiger partial charge is 0.455 e. The van der Waals surface area contributed by atoms with Crippen LogP contribution in [0.25, 0.3) is 0 Å². The molecular weight excluding hydrogens is 498 g/mol. The van der Waals surface area contributed by atoms with Crippen molar-refractivity contribution in [3.05, 3.63) is 58.7 Å². The first-order chi connectivity index (χ1) is 18.8. The summed E-state index contributed by atoms with van der Waals surface area (Å²) in [6.45, 7) is 17.1. The first kappa shape index (κ1) is 29.1. The molecule has 0 radical (unpaired) electrons. The van der Waals surface area contributed by atoms with Gasteiger partial charge in [0.15, 0.2) is 0 Å². The summed E-state index contributed by atoms with van der Waals surface area (Å²) in [5, 5.41) is 0. The van der Waals surface area contributed by atoms with E-state index in [2.05, 4.69) is 72.4 Å². The van der Waals surface area contributed by atoms with E-state index in [0.29, 0.717) is 17.4 Å². The van der Waals surface area contributed by atoms with Gasteiger partial charge in [-0.2, -0.15) is 0 Å². The highest BCUT2D eigenvalue weighted by atomic mass is 16.6. The van der Waals surface area contributed by atoms with Gasteiger partial charge in [0.25, 0.3) is 0 Å². The molecule has 6 rings (SSSR count). The second-order valence-electron chi connectivity index (χ2n) is 14.2. The fourth-order valence-electron chi connectivity index (χ4n) is 8.37. The van der Waals surface area contributed by atoms with E-state index in [1.165, 1.54) is 28.7 Å². The Kier molecular flexibility index (Phi) is 7.61. The van der Waals surface area contributed by atoms with E-state index in [1.54, 1.807) is 0 Å². The fraction of sp³-hybridized carbons (Fsp3) is 0.657. The SMILES string of the molecule is C=C1C(=O)OC2C1CCC(C)=CCCC1(C)OC21.CC(C)c1ccc2c(c1)CCC1C(C)(C(N)=O)CCCC21C. The summed E-state index contributed by atoms with van der Waals surface area (Å²) in [7, 11) is 0. The zero-order chi connectivity index (χ0) is 29.0. The number of epoxide rings is 1. The van der Waals surface area contributed by atoms with Crippen molar-refractivity contribution in [1.29, 1.82) is 0 Å². The van der Waals surface area contributed by atoms with Crippen LogP contribution >= 0.6 is 0 Å². The lowest BCUT2D eigenvalue weighted by molar-refractivity contribution is -0.140. The molecule has 7 atom stereocenters. The van der Waals surface area contributed by atoms with Crippen LogP contribution in [-0.2, 0) is 30.9 Å². The van der Waals surface area contributed by atoms with Crippen molar-refractivity contribution >= 4 is 11.9 Å². The predicted octanol–water partition coefficient (Wildman–Crippen LogP) is 7.07. The molecule has 1 amide bonds. The Morgan fingerprint density at radius 2 is 1.85 bits per heavy atom. The van der Waals surface area contributed by atoms with Crippen molar-refractivity contribution in [3.63, 3.8) is 0 Å². The molecule has 40 heavy (non-hydrogen) atoms. The van der Waals surface area contributed by atoms with Gasteiger partial charge in [-0.05, 0) is 99.2 Å². The van der Waals surface area contributed by atoms with Gasteiger partial charge in [0, 0.05) is 16.9 Å². The smallest absolute Gasteiger partial charge is 0.334 e. The lowest BCUT2D eigenvalue weighted by Gasteiger charge is -2.54. The number of aryl methyl sites for hydroxylation is 1. The highest BCUT2D eigenvalue weighted by Crippen LogP contribution is 2.57. The van der Waals surface area contributed by atoms with Gasteiger partial charge < -0.3 is 15.2 Å². The average molecular weight is 548 g/mol. The van der Waals surface area contributed by atoms with Gasteiger partial charge in [0.1, 0.15) is 12.2 Å². The topological polar surface area (TPSA) is 81.9 Å². The van der Waals surface area contributed by atoms with Gasteiger partial charge in [0.05, 0.1) is 5.60 Å². The summed E-state index contributed by atoms with van der Waals surface area (Å²) in [6, 6.07) is 7.02. The Labute approximate surface area is 241 Å². The molecule has 1 saturated carbocycles. The van der Waals surface area contributed by atoms with Crippen LogP contribution in [0.4, 0.5) is 0 Å². The molecule has 1 aromatic carbocycles. The van der Waals surface area contributed by atoms with Gasteiger partial charge in [-0.15, -0.1) is 0 Å². The summed E-state index contributed by atoms with van der Waals surface area (Å²) >= 11 is 0. The minimum Gasteiger partial charge on any atom is -0.455 e. The molecule has 1 aromatic rings. The molecule has 2 heterocycles. The highest BCUT2D eigenvalue weighted by Gasteiger charge is 2.61. The van der Waals surface area contributed by atoms with Crippen LogP contribution in [0.15, 0.2) is 42.0 Å². The second-order valence-corrected chi connectivity index (χ2v) is 14.2. The molecule has 2 N–H and O–H groups in total. The molecule has 0 spiro atoms. The standard InChI is InChI=1S/C20H29NO.C15H20O3/c1-13(2)14-6-8-16-15(12-14)7-9-17-19(16,3)10-5-11-20(17,4)18(21)22;1-9-5-4-8-15(3)13(18-15)12-11(7-6-9)10(2)14(16)17-12/h6,8,12-13,17H,5,7,9-11H2,1-4H3,(H2,21,22);5,11-13H,2,4,6-8H2,1,3H3. The molecule has 5 aliphatic rings. The summed E-state index contributed by atoms with van der Waals surface area (Å²) in [6.07, 6.45) is 11.6. The van der Waals surface area contributed by atoms with E-state index in [4.69, 9.17) is 15.2 Å². The van der Waals surface area contributed by atoms with Crippen LogP contribution in [0.1, 0.15) is 116 Å². The monoisotopic (exact) mass is 547 g/mol. The number of rotatable bonds is 2. The molecule has 5 heteroatoms. The molecule has 218 valence electrons. The third-order valence-electron chi connectivity index (χ3n) is 11.2. The number of carbonyl (C=O) groups is 2. The van der Waals surface area contributed by atoms with Gasteiger partial charge in [-0.25, -0.2) is 4.79 Å². The van der Waals surface area contributed by atoms with Crippen LogP contribution in [0.3, 0.4) is 0 Å². The quantitative estimate of drug-likeness (QED) is 0.186. The number of benzene rings is 1. The summed E-state index contributed by atoms with van der Waals surface area (Å²) in [5.41, 5.74) is 11.9. The third kappa shape index (κ3) is 4.97. The average Bonchev–Trinajstić information content (AvgIpc) is 3.49. The van der Waals surface area contributed by atoms with Crippen LogP contribution in [0.2, 0.25) is 0 Å². The number of esters is 1. The molecule has 0 aromatic heterocycles. The number of carbonyl (C=O) groups excluding carboxylic acids is 2. The van der Waals surface area contributed by atoms with Crippen LogP contribution in [-0.4, -0.2) is 29.7 Å². The van der Waals surface area contributed by atoms with Gasteiger partial charge >= 0.3 is 5.97 Å². The molecule has 2 aliphatic heterocycles. The van der Waals surface area contributed by atoms with Crippen LogP contribution < -0.4 is 5.73 Å². The van der Waals surface area contributed by atoms with Crippen molar-refractivity contribution < 1.29 is 19.1 Å². The molecule has 3 aliphatic carbocycles. The molecule has 0 bridgehead atoms. The number of allylic oxidation sites excluding steroid dienone is 2. The zero-order valence-corrected chi connectivity index (χ0v) is 25.5. The predicted molar refractivity (Wildman–Crippen MR) is 159 cm³/mol. The Morgan fingerprint density at radius 3 is 2.55 bits per heavy atom. The van der Waals surface area contributed by atoms with E-state index in [1.807, 2.05) is 0 Å². The van der Waals surface area contributed by atoms with E-state index >= 15 is 0 Å².